The number of nitrogens with one attached hydrogen (secondary N) is 1. The second kappa shape index (κ2) is 7.10. The first-order valence-corrected chi connectivity index (χ1v) is 7.09. The highest BCUT2D eigenvalue weighted by Crippen LogP contribution is 2.14. The highest BCUT2D eigenvalue weighted by atomic mass is 14.8. The van der Waals surface area contributed by atoms with E-state index in [0.717, 1.165) is 19.5 Å². The molecule has 100 valence electrons. The molecule has 0 spiro atoms. The van der Waals surface area contributed by atoms with Crippen molar-refractivity contribution in [2.75, 3.05) is 6.54 Å². The largest absolute Gasteiger partial charge is 0.312 e. The van der Waals surface area contributed by atoms with Gasteiger partial charge in [0.15, 0.2) is 0 Å². The summed E-state index contributed by atoms with van der Waals surface area (Å²) in [5, 5.41) is 3.49. The van der Waals surface area contributed by atoms with E-state index >= 15 is 0 Å². The van der Waals surface area contributed by atoms with Crippen LogP contribution in [0.15, 0.2) is 54.6 Å². The van der Waals surface area contributed by atoms with E-state index in [1.165, 1.54) is 16.7 Å². The Bertz CT molecular complexity index is 471. The van der Waals surface area contributed by atoms with Gasteiger partial charge in [-0.2, -0.15) is 0 Å². The van der Waals surface area contributed by atoms with Crippen LogP contribution in [0.3, 0.4) is 0 Å². The van der Waals surface area contributed by atoms with Crippen LogP contribution in [0, 0.1) is 0 Å². The molecule has 1 nitrogen and oxygen atoms in total. The zero-order valence-electron chi connectivity index (χ0n) is 11.9. The van der Waals surface area contributed by atoms with E-state index in [2.05, 4.69) is 73.8 Å². The molecule has 0 fully saturated rings. The van der Waals surface area contributed by atoms with Crippen molar-refractivity contribution < 1.29 is 0 Å². The third-order valence-electron chi connectivity index (χ3n) is 3.41. The Morgan fingerprint density at radius 2 is 1.53 bits per heavy atom. The lowest BCUT2D eigenvalue weighted by Crippen LogP contribution is -2.16. The highest BCUT2D eigenvalue weighted by molar-refractivity contribution is 5.24. The van der Waals surface area contributed by atoms with Gasteiger partial charge in [0, 0.05) is 6.54 Å². The van der Waals surface area contributed by atoms with Crippen LogP contribution in [0.5, 0.6) is 0 Å². The molecule has 0 saturated heterocycles. The minimum atomic E-state index is 0.616. The average Bonchev–Trinajstić information content (AvgIpc) is 2.45. The predicted octanol–water partition coefficient (Wildman–Crippen LogP) is 4.14. The van der Waals surface area contributed by atoms with Crippen LogP contribution < -0.4 is 5.32 Å². The topological polar surface area (TPSA) is 12.0 Å². The van der Waals surface area contributed by atoms with E-state index in [1.807, 2.05) is 0 Å². The van der Waals surface area contributed by atoms with E-state index in [9.17, 15) is 0 Å². The number of rotatable bonds is 6. The molecule has 0 aliphatic heterocycles. The lowest BCUT2D eigenvalue weighted by molar-refractivity contribution is 0.686. The SMILES string of the molecule is CC(C)c1ccc(CCNCc2ccccc2)cc1. The second-order valence-electron chi connectivity index (χ2n) is 5.31. The Hall–Kier alpha value is -1.60. The maximum absolute atomic E-state index is 3.49. The zero-order chi connectivity index (χ0) is 13.5. The van der Waals surface area contributed by atoms with Crippen molar-refractivity contribution in [3.8, 4) is 0 Å². The van der Waals surface area contributed by atoms with E-state index in [1.54, 1.807) is 0 Å². The van der Waals surface area contributed by atoms with E-state index in [-0.39, 0.29) is 0 Å². The molecule has 0 bridgehead atoms. The summed E-state index contributed by atoms with van der Waals surface area (Å²) in [5.74, 6) is 0.616. The first kappa shape index (κ1) is 13.8. The number of benzene rings is 2. The summed E-state index contributed by atoms with van der Waals surface area (Å²) in [6.45, 7) is 6.44. The quantitative estimate of drug-likeness (QED) is 0.763. The van der Waals surface area contributed by atoms with Gasteiger partial charge < -0.3 is 5.32 Å². The Labute approximate surface area is 116 Å². The fourth-order valence-electron chi connectivity index (χ4n) is 2.13. The Kier molecular flexibility index (Phi) is 5.17. The zero-order valence-corrected chi connectivity index (χ0v) is 11.9. The highest BCUT2D eigenvalue weighted by Gasteiger charge is 1.99. The van der Waals surface area contributed by atoms with Gasteiger partial charge in [-0.1, -0.05) is 68.4 Å². The van der Waals surface area contributed by atoms with Gasteiger partial charge in [0.25, 0.3) is 0 Å². The smallest absolute Gasteiger partial charge is 0.0205 e. The fraction of sp³-hybridized carbons (Fsp3) is 0.333. The molecule has 2 aromatic carbocycles. The summed E-state index contributed by atoms with van der Waals surface area (Å²) in [6, 6.07) is 19.5. The molecule has 0 unspecified atom stereocenters. The van der Waals surface area contributed by atoms with Crippen LogP contribution in [0.1, 0.15) is 36.5 Å². The molecule has 2 aromatic rings. The molecule has 1 heteroatoms. The lowest BCUT2D eigenvalue weighted by atomic mass is 10.0. The van der Waals surface area contributed by atoms with Gasteiger partial charge in [0.05, 0.1) is 0 Å². The van der Waals surface area contributed by atoms with Crippen molar-refractivity contribution in [3.63, 3.8) is 0 Å². The predicted molar refractivity (Wildman–Crippen MR) is 82.4 cm³/mol. The van der Waals surface area contributed by atoms with Gasteiger partial charge in [-0.25, -0.2) is 0 Å². The van der Waals surface area contributed by atoms with Crippen LogP contribution in [0.2, 0.25) is 0 Å². The normalized spacial score (nSPS) is 10.9. The van der Waals surface area contributed by atoms with Crippen LogP contribution in [0.4, 0.5) is 0 Å². The summed E-state index contributed by atoms with van der Waals surface area (Å²) in [6.07, 6.45) is 1.09. The van der Waals surface area contributed by atoms with Gasteiger partial charge >= 0.3 is 0 Å². The molecule has 1 N–H and O–H groups in total. The summed E-state index contributed by atoms with van der Waals surface area (Å²) in [5.41, 5.74) is 4.17. The summed E-state index contributed by atoms with van der Waals surface area (Å²) in [7, 11) is 0. The molecule has 0 radical (unpaired) electrons. The third kappa shape index (κ3) is 4.53. The van der Waals surface area contributed by atoms with Crippen LogP contribution in [0.25, 0.3) is 0 Å². The van der Waals surface area contributed by atoms with Gasteiger partial charge in [-0.15, -0.1) is 0 Å². The second-order valence-corrected chi connectivity index (χ2v) is 5.31. The molecule has 19 heavy (non-hydrogen) atoms. The van der Waals surface area contributed by atoms with Crippen molar-refractivity contribution in [3.05, 3.63) is 71.3 Å². The van der Waals surface area contributed by atoms with Gasteiger partial charge in [0.2, 0.25) is 0 Å². The van der Waals surface area contributed by atoms with Crippen molar-refractivity contribution in [2.24, 2.45) is 0 Å². The van der Waals surface area contributed by atoms with E-state index < -0.39 is 0 Å². The van der Waals surface area contributed by atoms with E-state index in [0.29, 0.717) is 5.92 Å². The fourth-order valence-corrected chi connectivity index (χ4v) is 2.13. The summed E-state index contributed by atoms with van der Waals surface area (Å²) in [4.78, 5) is 0. The van der Waals surface area contributed by atoms with Crippen molar-refractivity contribution in [2.45, 2.75) is 32.7 Å². The maximum atomic E-state index is 3.49. The number of hydrogen-bond acceptors (Lipinski definition) is 1. The first-order valence-electron chi connectivity index (χ1n) is 7.09. The lowest BCUT2D eigenvalue weighted by Gasteiger charge is -2.08. The standard InChI is InChI=1S/C18H23N/c1-15(2)18-10-8-16(9-11-18)12-13-19-14-17-6-4-3-5-7-17/h3-11,15,19H,12-14H2,1-2H3. The molecular formula is C18H23N. The molecule has 0 saturated carbocycles. The Morgan fingerprint density at radius 3 is 2.16 bits per heavy atom. The monoisotopic (exact) mass is 253 g/mol. The van der Waals surface area contributed by atoms with Gasteiger partial charge in [-0.05, 0) is 35.6 Å². The summed E-state index contributed by atoms with van der Waals surface area (Å²) >= 11 is 0. The van der Waals surface area contributed by atoms with Crippen molar-refractivity contribution in [1.29, 1.82) is 0 Å². The van der Waals surface area contributed by atoms with Crippen molar-refractivity contribution in [1.82, 2.24) is 5.32 Å². The van der Waals surface area contributed by atoms with Crippen molar-refractivity contribution >= 4 is 0 Å². The van der Waals surface area contributed by atoms with E-state index in [4.69, 9.17) is 0 Å². The third-order valence-corrected chi connectivity index (χ3v) is 3.41. The molecule has 0 atom stereocenters. The van der Waals surface area contributed by atoms with Crippen LogP contribution in [-0.2, 0) is 13.0 Å². The molecule has 0 heterocycles. The molecule has 0 aliphatic carbocycles. The Balaban J connectivity index is 1.74. The first-order chi connectivity index (χ1) is 9.25. The van der Waals surface area contributed by atoms with Crippen LogP contribution >= 0.6 is 0 Å². The maximum Gasteiger partial charge on any atom is 0.0205 e. The average molecular weight is 253 g/mol. The molecule has 2 rings (SSSR count). The molecule has 0 aromatic heterocycles. The molecule has 0 amide bonds. The minimum Gasteiger partial charge on any atom is -0.312 e. The minimum absolute atomic E-state index is 0.616. The molecule has 0 aliphatic rings. The Morgan fingerprint density at radius 1 is 0.842 bits per heavy atom. The van der Waals surface area contributed by atoms with Gasteiger partial charge in [0.1, 0.15) is 0 Å². The van der Waals surface area contributed by atoms with Gasteiger partial charge in [-0.3, -0.25) is 0 Å². The van der Waals surface area contributed by atoms with Crippen LogP contribution in [-0.4, -0.2) is 6.54 Å². The molecular weight excluding hydrogens is 230 g/mol. The number of hydrogen-bond donors (Lipinski definition) is 1. The summed E-state index contributed by atoms with van der Waals surface area (Å²) < 4.78 is 0.